The largest absolute Gasteiger partial charge is 0.318 e. The molecule has 0 atom stereocenters. The maximum Gasteiger partial charge on any atom is 0.220 e. The Morgan fingerprint density at radius 3 is 1.22 bits per heavy atom. The molecular weight excluding hydrogens is 985 g/mol. The van der Waals surface area contributed by atoms with E-state index in [1.54, 1.807) is 22.7 Å². The van der Waals surface area contributed by atoms with Crippen molar-refractivity contribution in [1.82, 2.24) is 9.13 Å². The molecule has 0 bridgehead atoms. The Hall–Kier alpha value is -10.1. The lowest BCUT2D eigenvalue weighted by molar-refractivity contribution is 1.14. The highest BCUT2D eigenvalue weighted by molar-refractivity contribution is 7.26. The van der Waals surface area contributed by atoms with Crippen LogP contribution in [0.2, 0.25) is 0 Å². The van der Waals surface area contributed by atoms with E-state index in [1.807, 2.05) is 0 Å². The van der Waals surface area contributed by atoms with Crippen LogP contribution >= 0.6 is 22.7 Å². The monoisotopic (exact) mass is 1020 g/mol. The third-order valence-corrected chi connectivity index (χ3v) is 18.8. The van der Waals surface area contributed by atoms with Crippen molar-refractivity contribution in [3.8, 4) is 39.7 Å². The molecule has 0 N–H and O–H groups in total. The quantitative estimate of drug-likeness (QED) is 0.128. The fourth-order valence-electron chi connectivity index (χ4n) is 13.3. The van der Waals surface area contributed by atoms with Crippen LogP contribution < -0.4 is 0 Å². The van der Waals surface area contributed by atoms with Crippen LogP contribution in [-0.2, 0) is 0 Å². The molecule has 4 aromatic heterocycles. The Labute approximate surface area is 454 Å². The maximum absolute atomic E-state index is 12.6. The minimum absolute atomic E-state index is 0.412. The third-order valence-electron chi connectivity index (χ3n) is 16.5. The number of benzene rings is 13. The average molecular weight is 1020 g/mol. The number of aromatic nitrogens is 2. The molecule has 6 heteroatoms. The summed E-state index contributed by atoms with van der Waals surface area (Å²) in [5.41, 5.74) is 9.43. The van der Waals surface area contributed by atoms with Gasteiger partial charge in [-0.2, -0.15) is 5.26 Å². The molecule has 358 valence electrons. The van der Waals surface area contributed by atoms with E-state index in [4.69, 9.17) is 4.85 Å². The first kappa shape index (κ1) is 43.2. The zero-order chi connectivity index (χ0) is 51.3. The minimum atomic E-state index is 0.412. The van der Waals surface area contributed by atoms with Gasteiger partial charge in [-0.3, -0.25) is 0 Å². The number of nitriles is 1. The molecule has 0 radical (unpaired) electrons. The Bertz CT molecular complexity index is 5390. The van der Waals surface area contributed by atoms with Gasteiger partial charge in [0.2, 0.25) is 5.69 Å². The second kappa shape index (κ2) is 16.2. The fourth-order valence-corrected chi connectivity index (χ4v) is 15.5. The van der Waals surface area contributed by atoms with Crippen molar-refractivity contribution in [3.05, 3.63) is 248 Å². The van der Waals surface area contributed by atoms with Gasteiger partial charge in [-0.05, 0) is 115 Å². The average Bonchev–Trinajstić information content (AvgIpc) is 4.19. The first-order chi connectivity index (χ1) is 38.6. The number of para-hydroxylation sites is 2. The summed E-state index contributed by atoms with van der Waals surface area (Å²) < 4.78 is 9.55. The molecule has 0 aliphatic carbocycles. The van der Waals surface area contributed by atoms with Crippen molar-refractivity contribution in [3.63, 3.8) is 0 Å². The second-order valence-corrected chi connectivity index (χ2v) is 22.6. The predicted octanol–water partition coefficient (Wildman–Crippen LogP) is 21.0. The molecule has 13 aromatic carbocycles. The standard InChI is InChI=1S/C72H38N4S2/c1-74-70-68(57-34-41-18-2-4-20-43(41)45-22-6-8-24-47(45)57)59(40-73)71(75-60-30-14-10-26-49(60)53-36-55-51-28-12-16-32-64(51)77-66(55)38-62(53)75)69(58-35-42-19-3-5-21-44(42)46-23-7-9-25-48(46)58)72(70)76-61-31-15-11-27-50(61)54-37-56-52-29-13-17-33-65(52)78-67(56)39-63(54)76/h2-39H. The summed E-state index contributed by atoms with van der Waals surface area (Å²) >= 11 is 3.60. The van der Waals surface area contributed by atoms with E-state index in [2.05, 4.69) is 246 Å². The number of nitrogens with zero attached hydrogens (tertiary/aromatic N) is 4. The van der Waals surface area contributed by atoms with Gasteiger partial charge in [-0.25, -0.2) is 4.85 Å². The molecule has 0 fully saturated rings. The predicted molar refractivity (Wildman–Crippen MR) is 333 cm³/mol. The summed E-state index contributed by atoms with van der Waals surface area (Å²) in [4.78, 5) is 4.82. The van der Waals surface area contributed by atoms with Crippen LogP contribution in [0.3, 0.4) is 0 Å². The van der Waals surface area contributed by atoms with E-state index in [-0.39, 0.29) is 0 Å². The van der Waals surface area contributed by atoms with Gasteiger partial charge < -0.3 is 9.13 Å². The number of hydrogen-bond acceptors (Lipinski definition) is 3. The highest BCUT2D eigenvalue weighted by Gasteiger charge is 2.34. The van der Waals surface area contributed by atoms with Crippen LogP contribution in [0, 0.1) is 17.9 Å². The Morgan fingerprint density at radius 1 is 0.333 bits per heavy atom. The van der Waals surface area contributed by atoms with Crippen LogP contribution in [0.15, 0.2) is 231 Å². The topological polar surface area (TPSA) is 38.0 Å². The Morgan fingerprint density at radius 2 is 0.731 bits per heavy atom. The van der Waals surface area contributed by atoms with Gasteiger partial charge in [0.15, 0.2) is 0 Å². The van der Waals surface area contributed by atoms with Gasteiger partial charge >= 0.3 is 0 Å². The summed E-state index contributed by atoms with van der Waals surface area (Å²) in [6.07, 6.45) is 0. The van der Waals surface area contributed by atoms with Crippen molar-refractivity contribution in [2.45, 2.75) is 0 Å². The normalized spacial score (nSPS) is 12.1. The van der Waals surface area contributed by atoms with Gasteiger partial charge in [0.1, 0.15) is 6.07 Å². The lowest BCUT2D eigenvalue weighted by atomic mass is 9.84. The van der Waals surface area contributed by atoms with Gasteiger partial charge in [0.05, 0.1) is 45.6 Å². The van der Waals surface area contributed by atoms with Gasteiger partial charge in [-0.1, -0.05) is 170 Å². The molecule has 0 spiro atoms. The number of fused-ring (bicyclic) bond motifs is 18. The van der Waals surface area contributed by atoms with Gasteiger partial charge in [0.25, 0.3) is 0 Å². The molecule has 0 aliphatic rings. The first-order valence-electron chi connectivity index (χ1n) is 26.2. The summed E-state index contributed by atoms with van der Waals surface area (Å²) in [7, 11) is 0. The van der Waals surface area contributed by atoms with Crippen molar-refractivity contribution >= 4 is 155 Å². The summed E-state index contributed by atoms with van der Waals surface area (Å²) in [6, 6.07) is 85.9. The number of rotatable bonds is 4. The van der Waals surface area contributed by atoms with Crippen LogP contribution in [0.1, 0.15) is 5.56 Å². The molecule has 78 heavy (non-hydrogen) atoms. The first-order valence-corrected chi connectivity index (χ1v) is 27.8. The summed E-state index contributed by atoms with van der Waals surface area (Å²) in [6.45, 7) is 9.84. The highest BCUT2D eigenvalue weighted by Crippen LogP contribution is 2.56. The molecule has 17 rings (SSSR count). The van der Waals surface area contributed by atoms with Crippen molar-refractivity contribution in [1.29, 1.82) is 5.26 Å². The third kappa shape index (κ3) is 5.85. The lowest BCUT2D eigenvalue weighted by Gasteiger charge is -2.27. The Balaban J connectivity index is 1.18. The fraction of sp³-hybridized carbons (Fsp3) is 0. The van der Waals surface area contributed by atoms with E-state index in [0.29, 0.717) is 16.8 Å². The van der Waals surface area contributed by atoms with E-state index in [0.717, 1.165) is 119 Å². The number of thiophene rings is 2. The highest BCUT2D eigenvalue weighted by atomic mass is 32.1. The zero-order valence-corrected chi connectivity index (χ0v) is 43.2. The second-order valence-electron chi connectivity index (χ2n) is 20.4. The van der Waals surface area contributed by atoms with Gasteiger partial charge in [-0.15, -0.1) is 22.7 Å². The van der Waals surface area contributed by atoms with Crippen molar-refractivity contribution in [2.24, 2.45) is 0 Å². The van der Waals surface area contributed by atoms with Crippen molar-refractivity contribution in [2.75, 3.05) is 0 Å². The lowest BCUT2D eigenvalue weighted by Crippen LogP contribution is -2.09. The molecular formula is C72H38N4S2. The molecule has 17 aromatic rings. The minimum Gasteiger partial charge on any atom is -0.318 e. The Kier molecular flexibility index (Phi) is 8.98. The molecule has 0 aliphatic heterocycles. The van der Waals surface area contributed by atoms with E-state index >= 15 is 0 Å². The van der Waals surface area contributed by atoms with Crippen LogP contribution in [0.5, 0.6) is 0 Å². The molecule has 0 amide bonds. The molecule has 0 saturated heterocycles. The zero-order valence-electron chi connectivity index (χ0n) is 41.5. The van der Waals surface area contributed by atoms with Crippen molar-refractivity contribution < 1.29 is 0 Å². The van der Waals surface area contributed by atoms with Gasteiger partial charge in [0, 0.05) is 73.0 Å². The van der Waals surface area contributed by atoms with E-state index in [1.165, 1.54) is 35.6 Å². The van der Waals surface area contributed by atoms with Crippen LogP contribution in [0.4, 0.5) is 5.69 Å². The van der Waals surface area contributed by atoms with E-state index in [9.17, 15) is 11.8 Å². The smallest absolute Gasteiger partial charge is 0.220 e. The molecule has 4 heterocycles. The SMILES string of the molecule is [C-]#[N+]c1c(-c2cc3ccccc3c3ccccc23)c(C#N)c(-n2c3ccccc3c3cc4c(cc32)sc2ccccc24)c(-c2cc3ccccc3c3ccccc23)c1-n1c2ccccc2c2cc3c(cc21)sc1ccccc13. The molecule has 0 saturated carbocycles. The summed E-state index contributed by atoms with van der Waals surface area (Å²) in [5, 5.41) is 30.4. The summed E-state index contributed by atoms with van der Waals surface area (Å²) in [5.74, 6) is 0. The van der Waals surface area contributed by atoms with Crippen LogP contribution in [-0.4, -0.2) is 9.13 Å². The maximum atomic E-state index is 12.6. The van der Waals surface area contributed by atoms with E-state index < -0.39 is 0 Å². The number of hydrogen-bond donors (Lipinski definition) is 0. The van der Waals surface area contributed by atoms with Crippen LogP contribution in [0.25, 0.3) is 166 Å². The molecule has 0 unspecified atom stereocenters. The molecule has 4 nitrogen and oxygen atoms in total.